The van der Waals surface area contributed by atoms with E-state index in [1.165, 1.54) is 0 Å². The van der Waals surface area contributed by atoms with Crippen LogP contribution in [0.5, 0.6) is 0 Å². The van der Waals surface area contributed by atoms with Gasteiger partial charge in [-0.2, -0.15) is 0 Å². The molecular weight excluding hydrogens is 222 g/mol. The van der Waals surface area contributed by atoms with Crippen molar-refractivity contribution in [2.24, 2.45) is 5.92 Å². The monoisotopic (exact) mass is 245 g/mol. The van der Waals surface area contributed by atoms with Crippen LogP contribution in [-0.4, -0.2) is 49.6 Å². The summed E-state index contributed by atoms with van der Waals surface area (Å²) >= 11 is 0. The van der Waals surface area contributed by atoms with Gasteiger partial charge in [0.15, 0.2) is 0 Å². The van der Waals surface area contributed by atoms with Crippen LogP contribution < -0.4 is 5.32 Å². The van der Waals surface area contributed by atoms with Crippen LogP contribution in [0, 0.1) is 5.92 Å². The zero-order valence-electron chi connectivity index (χ0n) is 10.7. The van der Waals surface area contributed by atoms with Crippen molar-refractivity contribution in [1.29, 1.82) is 0 Å². The van der Waals surface area contributed by atoms with Gasteiger partial charge in [0.05, 0.1) is 18.1 Å². The van der Waals surface area contributed by atoms with E-state index in [0.717, 1.165) is 0 Å². The SMILES string of the molecule is CCOC(=O)C(C)CNCC1(O)CCOCC1. The molecule has 0 aromatic carbocycles. The Morgan fingerprint density at radius 3 is 2.76 bits per heavy atom. The number of carbonyl (C=O) groups excluding carboxylic acids is 1. The van der Waals surface area contributed by atoms with E-state index in [4.69, 9.17) is 9.47 Å². The fourth-order valence-corrected chi connectivity index (χ4v) is 1.82. The Morgan fingerprint density at radius 1 is 1.53 bits per heavy atom. The minimum atomic E-state index is -0.688. The van der Waals surface area contributed by atoms with Gasteiger partial charge in [-0.1, -0.05) is 6.92 Å². The fourth-order valence-electron chi connectivity index (χ4n) is 1.82. The zero-order valence-corrected chi connectivity index (χ0v) is 10.7. The molecule has 1 rings (SSSR count). The van der Waals surface area contributed by atoms with Crippen molar-refractivity contribution in [3.05, 3.63) is 0 Å². The van der Waals surface area contributed by atoms with Gasteiger partial charge in [-0.15, -0.1) is 0 Å². The molecule has 0 aliphatic carbocycles. The second-order valence-corrected chi connectivity index (χ2v) is 4.62. The molecule has 1 atom stereocenters. The first kappa shape index (κ1) is 14.4. The van der Waals surface area contributed by atoms with Gasteiger partial charge in [-0.3, -0.25) is 4.79 Å². The van der Waals surface area contributed by atoms with Crippen molar-refractivity contribution in [3.63, 3.8) is 0 Å². The molecule has 0 radical (unpaired) electrons. The maximum absolute atomic E-state index is 11.4. The van der Waals surface area contributed by atoms with Crippen molar-refractivity contribution in [2.75, 3.05) is 32.9 Å². The average molecular weight is 245 g/mol. The normalized spacial score (nSPS) is 20.9. The van der Waals surface area contributed by atoms with Gasteiger partial charge in [0, 0.05) is 39.1 Å². The molecule has 0 spiro atoms. The Balaban J connectivity index is 2.20. The van der Waals surface area contributed by atoms with Crippen molar-refractivity contribution in [3.8, 4) is 0 Å². The van der Waals surface area contributed by atoms with E-state index >= 15 is 0 Å². The summed E-state index contributed by atoms with van der Waals surface area (Å²) in [6.07, 6.45) is 1.29. The first-order valence-electron chi connectivity index (χ1n) is 6.25. The lowest BCUT2D eigenvalue weighted by Crippen LogP contribution is -2.46. The molecule has 1 saturated heterocycles. The van der Waals surface area contributed by atoms with Crippen molar-refractivity contribution >= 4 is 5.97 Å². The van der Waals surface area contributed by atoms with Crippen LogP contribution in [0.25, 0.3) is 0 Å². The molecule has 100 valence electrons. The molecule has 0 saturated carbocycles. The molecule has 1 heterocycles. The molecule has 1 unspecified atom stereocenters. The minimum Gasteiger partial charge on any atom is -0.466 e. The predicted octanol–water partition coefficient (Wildman–Crippen LogP) is 0.317. The van der Waals surface area contributed by atoms with E-state index in [1.54, 1.807) is 6.92 Å². The molecule has 0 aromatic rings. The van der Waals surface area contributed by atoms with Crippen molar-refractivity contribution < 1.29 is 19.4 Å². The maximum atomic E-state index is 11.4. The molecule has 2 N–H and O–H groups in total. The largest absolute Gasteiger partial charge is 0.466 e. The molecule has 1 aliphatic heterocycles. The van der Waals surface area contributed by atoms with Gasteiger partial charge < -0.3 is 19.9 Å². The lowest BCUT2D eigenvalue weighted by Gasteiger charge is -2.32. The third-order valence-corrected chi connectivity index (χ3v) is 3.02. The summed E-state index contributed by atoms with van der Waals surface area (Å²) in [5.74, 6) is -0.377. The fraction of sp³-hybridized carbons (Fsp3) is 0.917. The summed E-state index contributed by atoms with van der Waals surface area (Å²) in [4.78, 5) is 11.4. The Morgan fingerprint density at radius 2 is 2.18 bits per heavy atom. The lowest BCUT2D eigenvalue weighted by atomic mass is 9.94. The molecule has 0 amide bonds. The molecule has 0 aromatic heterocycles. The Hall–Kier alpha value is -0.650. The van der Waals surface area contributed by atoms with Crippen LogP contribution in [0.15, 0.2) is 0 Å². The first-order valence-corrected chi connectivity index (χ1v) is 6.25. The van der Waals surface area contributed by atoms with Gasteiger partial charge in [-0.25, -0.2) is 0 Å². The van der Waals surface area contributed by atoms with E-state index in [-0.39, 0.29) is 11.9 Å². The molecule has 1 fully saturated rings. The molecular formula is C12H23NO4. The predicted molar refractivity (Wildman–Crippen MR) is 63.7 cm³/mol. The van der Waals surface area contributed by atoms with E-state index in [2.05, 4.69) is 5.32 Å². The Kier molecular flexibility index (Phi) is 5.88. The number of esters is 1. The van der Waals surface area contributed by atoms with Gasteiger partial charge in [0.2, 0.25) is 0 Å². The van der Waals surface area contributed by atoms with Gasteiger partial charge in [-0.05, 0) is 6.92 Å². The topological polar surface area (TPSA) is 67.8 Å². The van der Waals surface area contributed by atoms with Crippen LogP contribution in [0.2, 0.25) is 0 Å². The molecule has 17 heavy (non-hydrogen) atoms. The van der Waals surface area contributed by atoms with Crippen LogP contribution in [0.4, 0.5) is 0 Å². The molecule has 1 aliphatic rings. The summed E-state index contributed by atoms with van der Waals surface area (Å²) in [6, 6.07) is 0. The van der Waals surface area contributed by atoms with Crippen molar-refractivity contribution in [1.82, 2.24) is 5.32 Å². The van der Waals surface area contributed by atoms with Crippen LogP contribution >= 0.6 is 0 Å². The first-order chi connectivity index (χ1) is 8.07. The highest BCUT2D eigenvalue weighted by Crippen LogP contribution is 2.19. The Labute approximate surface area is 102 Å². The minimum absolute atomic E-state index is 0.182. The highest BCUT2D eigenvalue weighted by Gasteiger charge is 2.29. The van der Waals surface area contributed by atoms with Gasteiger partial charge in [0.1, 0.15) is 0 Å². The number of rotatable bonds is 6. The summed E-state index contributed by atoms with van der Waals surface area (Å²) in [5, 5.41) is 13.3. The summed E-state index contributed by atoms with van der Waals surface area (Å²) in [6.45, 7) is 6.26. The number of hydrogen-bond donors (Lipinski definition) is 2. The second kappa shape index (κ2) is 6.93. The van der Waals surface area contributed by atoms with Crippen LogP contribution in [0.3, 0.4) is 0 Å². The molecule has 5 heteroatoms. The zero-order chi connectivity index (χ0) is 12.7. The summed E-state index contributed by atoms with van der Waals surface area (Å²) in [7, 11) is 0. The standard InChI is InChI=1S/C12H23NO4/c1-3-17-11(14)10(2)8-13-9-12(15)4-6-16-7-5-12/h10,13,15H,3-9H2,1-2H3. The van der Waals surface area contributed by atoms with E-state index < -0.39 is 5.60 Å². The second-order valence-electron chi connectivity index (χ2n) is 4.62. The summed E-state index contributed by atoms with van der Waals surface area (Å²) < 4.78 is 10.1. The third-order valence-electron chi connectivity index (χ3n) is 3.02. The number of hydrogen-bond acceptors (Lipinski definition) is 5. The highest BCUT2D eigenvalue weighted by atomic mass is 16.5. The van der Waals surface area contributed by atoms with Crippen LogP contribution in [-0.2, 0) is 14.3 Å². The number of nitrogens with one attached hydrogen (secondary N) is 1. The third kappa shape index (κ3) is 5.02. The number of aliphatic hydroxyl groups is 1. The summed E-state index contributed by atoms with van der Waals surface area (Å²) in [5.41, 5.74) is -0.688. The highest BCUT2D eigenvalue weighted by molar-refractivity contribution is 5.72. The quantitative estimate of drug-likeness (QED) is 0.660. The Bertz CT molecular complexity index is 239. The maximum Gasteiger partial charge on any atom is 0.309 e. The number of ether oxygens (including phenoxy) is 2. The van der Waals surface area contributed by atoms with Gasteiger partial charge >= 0.3 is 5.97 Å². The van der Waals surface area contributed by atoms with E-state index in [0.29, 0.717) is 45.8 Å². The van der Waals surface area contributed by atoms with E-state index in [9.17, 15) is 9.90 Å². The molecule has 5 nitrogen and oxygen atoms in total. The molecule has 0 bridgehead atoms. The van der Waals surface area contributed by atoms with E-state index in [1.807, 2.05) is 6.92 Å². The lowest BCUT2D eigenvalue weighted by molar-refractivity contribution is -0.147. The number of carbonyl (C=O) groups is 1. The average Bonchev–Trinajstić information content (AvgIpc) is 2.30. The van der Waals surface area contributed by atoms with Gasteiger partial charge in [0.25, 0.3) is 0 Å². The van der Waals surface area contributed by atoms with Crippen LogP contribution in [0.1, 0.15) is 26.7 Å². The van der Waals surface area contributed by atoms with Crippen molar-refractivity contribution in [2.45, 2.75) is 32.3 Å². The smallest absolute Gasteiger partial charge is 0.309 e.